The molecule has 2 atom stereocenters. The van der Waals surface area contributed by atoms with Crippen LogP contribution in [0, 0.1) is 16.0 Å². The summed E-state index contributed by atoms with van der Waals surface area (Å²) in [6.45, 7) is 0.320. The number of nitro benzene ring substituents is 1. The van der Waals surface area contributed by atoms with Crippen LogP contribution in [0.1, 0.15) is 24.8 Å². The van der Waals surface area contributed by atoms with E-state index in [1.54, 1.807) is 6.07 Å². The van der Waals surface area contributed by atoms with Crippen molar-refractivity contribution in [3.63, 3.8) is 0 Å². The second kappa shape index (κ2) is 7.96. The van der Waals surface area contributed by atoms with Crippen molar-refractivity contribution in [2.45, 2.75) is 31.7 Å². The van der Waals surface area contributed by atoms with Gasteiger partial charge in [-0.1, -0.05) is 0 Å². The van der Waals surface area contributed by atoms with Crippen molar-refractivity contribution in [1.82, 2.24) is 5.32 Å². The minimum Gasteiger partial charge on any atom is -0.493 e. The minimum absolute atomic E-state index is 0.0360. The topological polar surface area (TPSA) is 117 Å². The Morgan fingerprint density at radius 2 is 2.00 bits per heavy atom. The van der Waals surface area contributed by atoms with Crippen LogP contribution in [0.25, 0.3) is 0 Å². The Bertz CT molecular complexity index is 620. The van der Waals surface area contributed by atoms with E-state index in [0.717, 1.165) is 12.8 Å². The molecule has 0 aliphatic heterocycles. The van der Waals surface area contributed by atoms with Crippen LogP contribution in [-0.4, -0.2) is 37.6 Å². The number of carbonyl (C=O) groups is 1. The highest BCUT2D eigenvalue weighted by Crippen LogP contribution is 2.34. The van der Waals surface area contributed by atoms with Gasteiger partial charge in [0.2, 0.25) is 5.91 Å². The first-order chi connectivity index (χ1) is 11.5. The van der Waals surface area contributed by atoms with Gasteiger partial charge in [-0.15, -0.1) is 0 Å². The van der Waals surface area contributed by atoms with Gasteiger partial charge in [-0.2, -0.15) is 0 Å². The van der Waals surface area contributed by atoms with Crippen LogP contribution in [0.3, 0.4) is 0 Å². The fraction of sp³-hybridized carbons (Fsp3) is 0.562. The smallest absolute Gasteiger partial charge is 0.276 e. The molecular formula is C16H23N3O5. The van der Waals surface area contributed by atoms with E-state index >= 15 is 0 Å². The van der Waals surface area contributed by atoms with Gasteiger partial charge in [-0.05, 0) is 31.7 Å². The molecule has 1 fully saturated rings. The summed E-state index contributed by atoms with van der Waals surface area (Å²) in [5, 5.41) is 14.1. The summed E-state index contributed by atoms with van der Waals surface area (Å²) in [6, 6.07) is 3.01. The number of nitrogens with two attached hydrogens (primary N) is 1. The highest BCUT2D eigenvalue weighted by molar-refractivity contribution is 5.79. The van der Waals surface area contributed by atoms with Gasteiger partial charge in [0.15, 0.2) is 11.5 Å². The van der Waals surface area contributed by atoms with Gasteiger partial charge in [-0.25, -0.2) is 0 Å². The lowest BCUT2D eigenvalue weighted by Crippen LogP contribution is -2.32. The number of hydrogen-bond donors (Lipinski definition) is 2. The molecule has 0 spiro atoms. The van der Waals surface area contributed by atoms with Crippen molar-refractivity contribution in [2.24, 2.45) is 11.7 Å². The van der Waals surface area contributed by atoms with E-state index in [1.807, 2.05) is 0 Å². The molecule has 2 unspecified atom stereocenters. The highest BCUT2D eigenvalue weighted by atomic mass is 16.6. The molecular weight excluding hydrogens is 314 g/mol. The van der Waals surface area contributed by atoms with Gasteiger partial charge >= 0.3 is 0 Å². The largest absolute Gasteiger partial charge is 0.493 e. The number of nitrogens with zero attached hydrogens (tertiary/aromatic N) is 1. The lowest BCUT2D eigenvalue weighted by Gasteiger charge is -2.12. The molecule has 3 N–H and O–H groups in total. The zero-order chi connectivity index (χ0) is 17.7. The first kappa shape index (κ1) is 18.0. The fourth-order valence-corrected chi connectivity index (χ4v) is 3.00. The minimum atomic E-state index is -0.463. The molecule has 1 aliphatic rings. The third-order valence-electron chi connectivity index (χ3n) is 4.32. The quantitative estimate of drug-likeness (QED) is 0.574. The number of ether oxygens (including phenoxy) is 2. The predicted octanol–water partition coefficient (Wildman–Crippen LogP) is 1.40. The van der Waals surface area contributed by atoms with Crippen molar-refractivity contribution in [2.75, 3.05) is 20.8 Å². The number of benzene rings is 1. The molecule has 0 radical (unpaired) electrons. The second-order valence-corrected chi connectivity index (χ2v) is 5.90. The van der Waals surface area contributed by atoms with Gasteiger partial charge in [-0.3, -0.25) is 14.9 Å². The van der Waals surface area contributed by atoms with E-state index in [1.165, 1.54) is 20.3 Å². The summed E-state index contributed by atoms with van der Waals surface area (Å²) in [5.41, 5.74) is 6.25. The summed E-state index contributed by atoms with van der Waals surface area (Å²) in [7, 11) is 2.90. The molecule has 1 aromatic rings. The average Bonchev–Trinajstić information content (AvgIpc) is 3.00. The Balaban J connectivity index is 2.03. The number of hydrogen-bond acceptors (Lipinski definition) is 6. The molecule has 0 saturated heterocycles. The normalized spacial score (nSPS) is 19.8. The van der Waals surface area contributed by atoms with Crippen LogP contribution in [-0.2, 0) is 11.2 Å². The number of carbonyl (C=O) groups excluding carboxylic acids is 1. The van der Waals surface area contributed by atoms with Gasteiger partial charge in [0.1, 0.15) is 0 Å². The third kappa shape index (κ3) is 4.14. The number of rotatable bonds is 7. The van der Waals surface area contributed by atoms with E-state index in [0.29, 0.717) is 36.4 Å². The monoisotopic (exact) mass is 337 g/mol. The highest BCUT2D eigenvalue weighted by Gasteiger charge is 2.27. The number of amides is 1. The van der Waals surface area contributed by atoms with Crippen LogP contribution < -0.4 is 20.5 Å². The standard InChI is InChI=1S/C16H23N3O5/c1-23-14-8-10(13(19(21)22)9-15(14)24-2)5-6-18-16(20)11-3-4-12(17)7-11/h8-9,11-12H,3-7,17H2,1-2H3,(H,18,20). The number of nitro groups is 1. The van der Waals surface area contributed by atoms with Crippen molar-refractivity contribution < 1.29 is 19.2 Å². The Kier molecular flexibility index (Phi) is 5.97. The maximum atomic E-state index is 12.1. The van der Waals surface area contributed by atoms with Crippen molar-refractivity contribution in [3.05, 3.63) is 27.8 Å². The molecule has 8 heteroatoms. The first-order valence-corrected chi connectivity index (χ1v) is 7.88. The fourth-order valence-electron chi connectivity index (χ4n) is 3.00. The zero-order valence-corrected chi connectivity index (χ0v) is 13.9. The second-order valence-electron chi connectivity index (χ2n) is 5.90. The lowest BCUT2D eigenvalue weighted by atomic mass is 10.1. The Labute approximate surface area is 140 Å². The molecule has 1 amide bonds. The maximum Gasteiger partial charge on any atom is 0.276 e. The summed E-state index contributed by atoms with van der Waals surface area (Å²) in [5.74, 6) is 0.634. The Hall–Kier alpha value is -2.35. The van der Waals surface area contributed by atoms with Crippen LogP contribution in [0.2, 0.25) is 0 Å². The molecule has 1 aliphatic carbocycles. The number of methoxy groups -OCH3 is 2. The predicted molar refractivity (Wildman–Crippen MR) is 88.2 cm³/mol. The van der Waals surface area contributed by atoms with Gasteiger partial charge in [0.25, 0.3) is 5.69 Å². The summed E-state index contributed by atoms with van der Waals surface area (Å²) < 4.78 is 10.3. The van der Waals surface area contributed by atoms with E-state index < -0.39 is 4.92 Å². The van der Waals surface area contributed by atoms with E-state index in [2.05, 4.69) is 5.32 Å². The maximum absolute atomic E-state index is 12.1. The van der Waals surface area contributed by atoms with E-state index in [-0.39, 0.29) is 23.6 Å². The van der Waals surface area contributed by atoms with Crippen LogP contribution in [0.5, 0.6) is 11.5 Å². The van der Waals surface area contributed by atoms with Gasteiger partial charge in [0, 0.05) is 24.1 Å². The van der Waals surface area contributed by atoms with Crippen LogP contribution in [0.4, 0.5) is 5.69 Å². The number of nitrogens with one attached hydrogen (secondary N) is 1. The first-order valence-electron chi connectivity index (χ1n) is 7.88. The Morgan fingerprint density at radius 1 is 1.33 bits per heavy atom. The molecule has 0 bridgehead atoms. The third-order valence-corrected chi connectivity index (χ3v) is 4.32. The molecule has 8 nitrogen and oxygen atoms in total. The SMILES string of the molecule is COc1cc(CCNC(=O)C2CCC(N)C2)c([N+](=O)[O-])cc1OC. The van der Waals surface area contributed by atoms with Gasteiger partial charge < -0.3 is 20.5 Å². The summed E-state index contributed by atoms with van der Waals surface area (Å²) in [6.07, 6.45) is 2.69. The summed E-state index contributed by atoms with van der Waals surface area (Å²) in [4.78, 5) is 22.9. The van der Waals surface area contributed by atoms with E-state index in [9.17, 15) is 14.9 Å². The molecule has 1 aromatic carbocycles. The summed E-state index contributed by atoms with van der Waals surface area (Å²) >= 11 is 0. The van der Waals surface area contributed by atoms with Crippen molar-refractivity contribution in [1.29, 1.82) is 0 Å². The van der Waals surface area contributed by atoms with Crippen molar-refractivity contribution in [3.8, 4) is 11.5 Å². The molecule has 2 rings (SSSR count). The Morgan fingerprint density at radius 3 is 2.54 bits per heavy atom. The zero-order valence-electron chi connectivity index (χ0n) is 13.9. The molecule has 1 saturated carbocycles. The lowest BCUT2D eigenvalue weighted by molar-refractivity contribution is -0.385. The van der Waals surface area contributed by atoms with Gasteiger partial charge in [0.05, 0.1) is 25.2 Å². The average molecular weight is 337 g/mol. The van der Waals surface area contributed by atoms with Crippen LogP contribution >= 0.6 is 0 Å². The molecule has 132 valence electrons. The molecule has 0 heterocycles. The van der Waals surface area contributed by atoms with E-state index in [4.69, 9.17) is 15.2 Å². The molecule has 0 aromatic heterocycles. The van der Waals surface area contributed by atoms with Crippen LogP contribution in [0.15, 0.2) is 12.1 Å². The van der Waals surface area contributed by atoms with Crippen molar-refractivity contribution >= 4 is 11.6 Å². The molecule has 24 heavy (non-hydrogen) atoms.